The standard InChI is InChI=1S/C13H13BrN2O3/c1-6-4-8(5-7(2)12(6)19-3)10-9(14)11(13(17)18)16-15-10/h4-5H,1-3H3,(H,15,16)(H,17,18). The summed E-state index contributed by atoms with van der Waals surface area (Å²) in [5.74, 6) is -0.221. The van der Waals surface area contributed by atoms with Crippen LogP contribution in [0.15, 0.2) is 16.6 Å². The van der Waals surface area contributed by atoms with Crippen LogP contribution in [-0.4, -0.2) is 28.4 Å². The van der Waals surface area contributed by atoms with Crippen LogP contribution >= 0.6 is 15.9 Å². The first-order chi connectivity index (χ1) is 8.95. The molecule has 0 saturated carbocycles. The van der Waals surface area contributed by atoms with Crippen LogP contribution in [0.3, 0.4) is 0 Å². The van der Waals surface area contributed by atoms with Gasteiger partial charge in [0.2, 0.25) is 0 Å². The van der Waals surface area contributed by atoms with Gasteiger partial charge in [0.1, 0.15) is 11.4 Å². The Morgan fingerprint density at radius 3 is 2.37 bits per heavy atom. The molecule has 0 aliphatic rings. The quantitative estimate of drug-likeness (QED) is 0.909. The molecule has 0 radical (unpaired) electrons. The minimum atomic E-state index is -1.05. The van der Waals surface area contributed by atoms with Gasteiger partial charge in [0.15, 0.2) is 5.69 Å². The molecule has 6 heteroatoms. The zero-order chi connectivity index (χ0) is 14.2. The Balaban J connectivity index is 2.57. The van der Waals surface area contributed by atoms with Crippen LogP contribution in [0.5, 0.6) is 5.75 Å². The molecule has 0 fully saturated rings. The topological polar surface area (TPSA) is 75.2 Å². The van der Waals surface area contributed by atoms with Crippen LogP contribution in [0, 0.1) is 13.8 Å². The van der Waals surface area contributed by atoms with Gasteiger partial charge in [-0.15, -0.1) is 0 Å². The fourth-order valence-corrected chi connectivity index (χ4v) is 2.65. The lowest BCUT2D eigenvalue weighted by atomic mass is 10.0. The van der Waals surface area contributed by atoms with Crippen LogP contribution in [-0.2, 0) is 0 Å². The SMILES string of the molecule is COc1c(C)cc(-c2n[nH]c(C(=O)O)c2Br)cc1C. The highest BCUT2D eigenvalue weighted by atomic mass is 79.9. The Hall–Kier alpha value is -1.82. The van der Waals surface area contributed by atoms with Crippen molar-refractivity contribution in [1.29, 1.82) is 0 Å². The fourth-order valence-electron chi connectivity index (χ4n) is 2.07. The molecule has 2 rings (SSSR count). The Morgan fingerprint density at radius 1 is 1.37 bits per heavy atom. The maximum atomic E-state index is 11.0. The summed E-state index contributed by atoms with van der Waals surface area (Å²) in [6.07, 6.45) is 0. The largest absolute Gasteiger partial charge is 0.496 e. The summed E-state index contributed by atoms with van der Waals surface area (Å²) in [5, 5.41) is 15.6. The van der Waals surface area contributed by atoms with Crippen molar-refractivity contribution in [3.05, 3.63) is 33.4 Å². The van der Waals surface area contributed by atoms with Crippen molar-refractivity contribution >= 4 is 21.9 Å². The second kappa shape index (κ2) is 5.05. The van der Waals surface area contributed by atoms with E-state index in [-0.39, 0.29) is 5.69 Å². The number of halogens is 1. The van der Waals surface area contributed by atoms with E-state index in [2.05, 4.69) is 26.1 Å². The average Bonchev–Trinajstić information content (AvgIpc) is 2.70. The van der Waals surface area contributed by atoms with Crippen molar-refractivity contribution in [2.75, 3.05) is 7.11 Å². The maximum Gasteiger partial charge on any atom is 0.355 e. The third kappa shape index (κ3) is 2.35. The van der Waals surface area contributed by atoms with Gasteiger partial charge < -0.3 is 9.84 Å². The number of aryl methyl sites for hydroxylation is 2. The summed E-state index contributed by atoms with van der Waals surface area (Å²) < 4.78 is 5.75. The number of H-pyrrole nitrogens is 1. The molecular weight excluding hydrogens is 312 g/mol. The monoisotopic (exact) mass is 324 g/mol. The van der Waals surface area contributed by atoms with Crippen LogP contribution in [0.4, 0.5) is 0 Å². The third-order valence-electron chi connectivity index (χ3n) is 2.86. The summed E-state index contributed by atoms with van der Waals surface area (Å²) in [5.41, 5.74) is 3.41. The Labute approximate surface area is 118 Å². The number of rotatable bonds is 3. The molecule has 2 aromatic rings. The number of hydrogen-bond donors (Lipinski definition) is 2. The number of ether oxygens (including phenoxy) is 1. The number of carboxylic acid groups (broad SMARTS) is 1. The van der Waals surface area contributed by atoms with E-state index in [1.807, 2.05) is 26.0 Å². The van der Waals surface area contributed by atoms with Gasteiger partial charge in [-0.1, -0.05) is 0 Å². The molecule has 0 saturated heterocycles. The first-order valence-electron chi connectivity index (χ1n) is 5.58. The predicted molar refractivity (Wildman–Crippen MR) is 74.7 cm³/mol. The second-order valence-corrected chi connectivity index (χ2v) is 5.00. The molecule has 1 aromatic carbocycles. The molecule has 19 heavy (non-hydrogen) atoms. The molecule has 0 spiro atoms. The van der Waals surface area contributed by atoms with Gasteiger partial charge in [-0.3, -0.25) is 5.10 Å². The van der Waals surface area contributed by atoms with E-state index in [9.17, 15) is 4.79 Å². The molecule has 0 amide bonds. The average molecular weight is 325 g/mol. The molecule has 1 aromatic heterocycles. The van der Waals surface area contributed by atoms with Gasteiger partial charge in [-0.25, -0.2) is 4.79 Å². The van der Waals surface area contributed by atoms with E-state index in [0.29, 0.717) is 10.2 Å². The van der Waals surface area contributed by atoms with E-state index in [0.717, 1.165) is 22.4 Å². The molecule has 2 N–H and O–H groups in total. The summed E-state index contributed by atoms with van der Waals surface area (Å²) in [6.45, 7) is 3.88. The number of benzene rings is 1. The lowest BCUT2D eigenvalue weighted by Crippen LogP contribution is -1.97. The molecule has 0 bridgehead atoms. The smallest absolute Gasteiger partial charge is 0.355 e. The van der Waals surface area contributed by atoms with Gasteiger partial charge in [0.25, 0.3) is 0 Å². The minimum Gasteiger partial charge on any atom is -0.496 e. The van der Waals surface area contributed by atoms with Crippen LogP contribution in [0.25, 0.3) is 11.3 Å². The van der Waals surface area contributed by atoms with E-state index in [1.54, 1.807) is 7.11 Å². The van der Waals surface area contributed by atoms with Crippen molar-refractivity contribution < 1.29 is 14.6 Å². The highest BCUT2D eigenvalue weighted by Gasteiger charge is 2.18. The number of carboxylic acids is 1. The summed E-state index contributed by atoms with van der Waals surface area (Å²) >= 11 is 3.27. The molecule has 100 valence electrons. The number of aromatic amines is 1. The molecule has 0 aliphatic heterocycles. The van der Waals surface area contributed by atoms with Crippen molar-refractivity contribution in [1.82, 2.24) is 10.2 Å². The Morgan fingerprint density at radius 2 is 1.95 bits per heavy atom. The van der Waals surface area contributed by atoms with E-state index in [1.165, 1.54) is 0 Å². The zero-order valence-electron chi connectivity index (χ0n) is 10.7. The van der Waals surface area contributed by atoms with Crippen molar-refractivity contribution in [2.24, 2.45) is 0 Å². The highest BCUT2D eigenvalue weighted by molar-refractivity contribution is 9.10. The predicted octanol–water partition coefficient (Wildman–Crippen LogP) is 3.16. The molecule has 0 aliphatic carbocycles. The van der Waals surface area contributed by atoms with Gasteiger partial charge in [0, 0.05) is 5.56 Å². The third-order valence-corrected chi connectivity index (χ3v) is 3.63. The van der Waals surface area contributed by atoms with Crippen molar-refractivity contribution in [2.45, 2.75) is 13.8 Å². The molecule has 0 atom stereocenters. The Kier molecular flexibility index (Phi) is 3.61. The molecule has 0 unspecified atom stereocenters. The fraction of sp³-hybridized carbons (Fsp3) is 0.231. The summed E-state index contributed by atoms with van der Waals surface area (Å²) in [6, 6.07) is 3.83. The lowest BCUT2D eigenvalue weighted by Gasteiger charge is -2.10. The first kappa shape index (κ1) is 13.6. The number of hydrogen-bond acceptors (Lipinski definition) is 3. The van der Waals surface area contributed by atoms with Crippen LogP contribution in [0.2, 0.25) is 0 Å². The summed E-state index contributed by atoms with van der Waals surface area (Å²) in [7, 11) is 1.63. The molecule has 5 nitrogen and oxygen atoms in total. The van der Waals surface area contributed by atoms with Gasteiger partial charge in [-0.05, 0) is 53.0 Å². The van der Waals surface area contributed by atoms with Crippen LogP contribution < -0.4 is 4.74 Å². The Bertz CT molecular complexity index is 626. The van der Waals surface area contributed by atoms with Gasteiger partial charge in [0.05, 0.1) is 11.6 Å². The normalized spacial score (nSPS) is 10.5. The number of aromatic carboxylic acids is 1. The van der Waals surface area contributed by atoms with Crippen molar-refractivity contribution in [3.8, 4) is 17.0 Å². The molecule has 1 heterocycles. The van der Waals surface area contributed by atoms with Gasteiger partial charge >= 0.3 is 5.97 Å². The number of carbonyl (C=O) groups is 1. The van der Waals surface area contributed by atoms with E-state index in [4.69, 9.17) is 9.84 Å². The maximum absolute atomic E-state index is 11.0. The van der Waals surface area contributed by atoms with Crippen LogP contribution in [0.1, 0.15) is 21.6 Å². The second-order valence-electron chi connectivity index (χ2n) is 4.21. The number of nitrogens with zero attached hydrogens (tertiary/aromatic N) is 1. The van der Waals surface area contributed by atoms with E-state index >= 15 is 0 Å². The number of nitrogens with one attached hydrogen (secondary N) is 1. The van der Waals surface area contributed by atoms with Gasteiger partial charge in [-0.2, -0.15) is 5.10 Å². The first-order valence-corrected chi connectivity index (χ1v) is 6.37. The summed E-state index contributed by atoms with van der Waals surface area (Å²) in [4.78, 5) is 11.0. The minimum absolute atomic E-state index is 0.0427. The zero-order valence-corrected chi connectivity index (χ0v) is 12.3. The number of methoxy groups -OCH3 is 1. The molecular formula is C13H13BrN2O3. The highest BCUT2D eigenvalue weighted by Crippen LogP contribution is 2.33. The number of aromatic nitrogens is 2. The van der Waals surface area contributed by atoms with E-state index < -0.39 is 5.97 Å². The van der Waals surface area contributed by atoms with Crippen molar-refractivity contribution in [3.63, 3.8) is 0 Å². The lowest BCUT2D eigenvalue weighted by molar-refractivity contribution is 0.0689.